The van der Waals surface area contributed by atoms with E-state index in [4.69, 9.17) is 0 Å². The van der Waals surface area contributed by atoms with Gasteiger partial charge in [0.25, 0.3) is 0 Å². The predicted octanol–water partition coefficient (Wildman–Crippen LogP) is 1.31. The summed E-state index contributed by atoms with van der Waals surface area (Å²) in [5.74, 6) is 4.10. The maximum absolute atomic E-state index is 4.69. The summed E-state index contributed by atoms with van der Waals surface area (Å²) in [6.07, 6.45) is 3.51. The molecule has 1 N–H and O–H groups in total. The predicted molar refractivity (Wildman–Crippen MR) is 73.5 cm³/mol. The van der Waals surface area contributed by atoms with E-state index < -0.39 is 0 Å². The first-order valence-corrected chi connectivity index (χ1v) is 8.39. The zero-order valence-corrected chi connectivity index (χ0v) is 11.6. The second-order valence-electron chi connectivity index (χ2n) is 4.95. The molecule has 1 aliphatic heterocycles. The van der Waals surface area contributed by atoms with E-state index >= 15 is 0 Å². The van der Waals surface area contributed by atoms with Crippen LogP contribution in [0.4, 0.5) is 0 Å². The smallest absolute Gasteiger partial charge is 0.234 e. The van der Waals surface area contributed by atoms with Crippen molar-refractivity contribution in [3.05, 3.63) is 10.8 Å². The van der Waals surface area contributed by atoms with Gasteiger partial charge in [0.2, 0.25) is 4.96 Å². The second kappa shape index (κ2) is 4.47. The van der Waals surface area contributed by atoms with Crippen LogP contribution < -0.4 is 5.32 Å². The van der Waals surface area contributed by atoms with Crippen molar-refractivity contribution in [1.29, 1.82) is 0 Å². The van der Waals surface area contributed by atoms with Gasteiger partial charge in [0, 0.05) is 36.4 Å². The van der Waals surface area contributed by atoms with Gasteiger partial charge in [-0.15, -0.1) is 10.2 Å². The number of nitrogens with zero attached hydrogens (tertiary/aromatic N) is 4. The number of hydrogen-bond acceptors (Lipinski definition) is 6. The van der Waals surface area contributed by atoms with Crippen molar-refractivity contribution in [2.45, 2.75) is 31.2 Å². The van der Waals surface area contributed by atoms with E-state index in [0.717, 1.165) is 23.8 Å². The van der Waals surface area contributed by atoms with Gasteiger partial charge in [-0.05, 0) is 12.8 Å². The molecule has 5 nitrogen and oxygen atoms in total. The van der Waals surface area contributed by atoms with Crippen LogP contribution in [0.25, 0.3) is 4.96 Å². The molecule has 0 amide bonds. The molecule has 3 heterocycles. The summed E-state index contributed by atoms with van der Waals surface area (Å²) in [4.78, 5) is 0.954. The van der Waals surface area contributed by atoms with E-state index in [0.29, 0.717) is 12.0 Å². The molecule has 2 aromatic rings. The number of aromatic nitrogens is 4. The van der Waals surface area contributed by atoms with Gasteiger partial charge in [0.15, 0.2) is 5.82 Å². The highest BCUT2D eigenvalue weighted by molar-refractivity contribution is 7.99. The Morgan fingerprint density at radius 3 is 3.06 bits per heavy atom. The third-order valence-corrected chi connectivity index (χ3v) is 5.47. The lowest BCUT2D eigenvalue weighted by Crippen LogP contribution is -2.38. The molecule has 96 valence electrons. The Kier molecular flexibility index (Phi) is 2.78. The first kappa shape index (κ1) is 11.2. The van der Waals surface area contributed by atoms with E-state index in [2.05, 4.69) is 20.6 Å². The first-order chi connectivity index (χ1) is 8.90. The molecule has 0 radical (unpaired) electrons. The molecule has 1 saturated heterocycles. The Hall–Kier alpha value is -0.660. The van der Waals surface area contributed by atoms with Crippen molar-refractivity contribution in [2.24, 2.45) is 0 Å². The van der Waals surface area contributed by atoms with Crippen molar-refractivity contribution in [3.63, 3.8) is 0 Å². The summed E-state index contributed by atoms with van der Waals surface area (Å²) >= 11 is 3.71. The van der Waals surface area contributed by atoms with Gasteiger partial charge in [-0.25, -0.2) is 0 Å². The summed E-state index contributed by atoms with van der Waals surface area (Å²) in [6.45, 7) is 1.12. The Balaban J connectivity index is 1.57. The summed E-state index contributed by atoms with van der Waals surface area (Å²) in [7, 11) is 0. The maximum Gasteiger partial charge on any atom is 0.234 e. The molecule has 1 unspecified atom stereocenters. The summed E-state index contributed by atoms with van der Waals surface area (Å²) in [5.41, 5.74) is 0. The molecular weight excluding hydrogens is 266 g/mol. The molecule has 1 saturated carbocycles. The Morgan fingerprint density at radius 1 is 1.33 bits per heavy atom. The highest BCUT2D eigenvalue weighted by Crippen LogP contribution is 2.39. The highest BCUT2D eigenvalue weighted by atomic mass is 32.2. The minimum atomic E-state index is 0.567. The lowest BCUT2D eigenvalue weighted by Gasteiger charge is -2.21. The molecule has 0 aromatic carbocycles. The van der Waals surface area contributed by atoms with Crippen molar-refractivity contribution < 1.29 is 0 Å². The summed E-state index contributed by atoms with van der Waals surface area (Å²) in [6, 6.07) is 0.567. The lowest BCUT2D eigenvalue weighted by atomic mass is 10.2. The maximum atomic E-state index is 4.69. The fourth-order valence-electron chi connectivity index (χ4n) is 2.31. The van der Waals surface area contributed by atoms with E-state index in [9.17, 15) is 0 Å². The average Bonchev–Trinajstić information content (AvgIpc) is 3.03. The molecule has 2 fully saturated rings. The van der Waals surface area contributed by atoms with Crippen molar-refractivity contribution in [2.75, 3.05) is 18.1 Å². The molecular formula is C11H15N5S2. The quantitative estimate of drug-likeness (QED) is 0.919. The van der Waals surface area contributed by atoms with Crippen LogP contribution in [0.3, 0.4) is 0 Å². The first-order valence-electron chi connectivity index (χ1n) is 6.42. The fourth-order valence-corrected chi connectivity index (χ4v) is 4.18. The highest BCUT2D eigenvalue weighted by Gasteiger charge is 2.30. The largest absolute Gasteiger partial charge is 0.312 e. The van der Waals surface area contributed by atoms with Gasteiger partial charge in [-0.3, -0.25) is 0 Å². The van der Waals surface area contributed by atoms with E-state index in [1.54, 1.807) is 11.3 Å². The topological polar surface area (TPSA) is 55.1 Å². The van der Waals surface area contributed by atoms with E-state index in [1.165, 1.54) is 29.4 Å². The molecule has 1 aliphatic carbocycles. The Labute approximate surface area is 113 Å². The third-order valence-electron chi connectivity index (χ3n) is 3.42. The average molecular weight is 281 g/mol. The molecule has 4 rings (SSSR count). The number of rotatable bonds is 3. The zero-order chi connectivity index (χ0) is 11.9. The zero-order valence-electron chi connectivity index (χ0n) is 10.0. The molecule has 2 aromatic heterocycles. The van der Waals surface area contributed by atoms with Crippen LogP contribution in [-0.4, -0.2) is 43.9 Å². The third kappa shape index (κ3) is 2.04. The second-order valence-corrected chi connectivity index (χ2v) is 7.14. The van der Waals surface area contributed by atoms with Crippen LogP contribution in [0, 0.1) is 0 Å². The number of fused-ring (bicyclic) bond motifs is 1. The Bertz CT molecular complexity index is 553. The fraction of sp³-hybridized carbons (Fsp3) is 0.727. The molecule has 0 spiro atoms. The van der Waals surface area contributed by atoms with Crippen LogP contribution in [0.2, 0.25) is 0 Å². The molecule has 0 bridgehead atoms. The van der Waals surface area contributed by atoms with E-state index in [1.807, 2.05) is 16.3 Å². The van der Waals surface area contributed by atoms with Crippen molar-refractivity contribution in [1.82, 2.24) is 25.1 Å². The van der Waals surface area contributed by atoms with Gasteiger partial charge >= 0.3 is 0 Å². The van der Waals surface area contributed by atoms with Crippen molar-refractivity contribution >= 4 is 28.1 Å². The molecule has 1 atom stereocenters. The number of hydrogen-bond donors (Lipinski definition) is 1. The van der Waals surface area contributed by atoms with Crippen molar-refractivity contribution in [3.8, 4) is 0 Å². The van der Waals surface area contributed by atoms with Crippen LogP contribution in [0.5, 0.6) is 0 Å². The van der Waals surface area contributed by atoms with Crippen LogP contribution in [0.15, 0.2) is 0 Å². The molecule has 2 aliphatic rings. The van der Waals surface area contributed by atoms with Crippen LogP contribution >= 0.6 is 23.1 Å². The van der Waals surface area contributed by atoms with Crippen LogP contribution in [0.1, 0.15) is 29.6 Å². The van der Waals surface area contributed by atoms with Gasteiger partial charge in [0.05, 0.1) is 0 Å². The minimum Gasteiger partial charge on any atom is -0.312 e. The van der Waals surface area contributed by atoms with Crippen LogP contribution in [-0.2, 0) is 6.42 Å². The summed E-state index contributed by atoms with van der Waals surface area (Å²) in [5, 5.41) is 17.9. The monoisotopic (exact) mass is 281 g/mol. The summed E-state index contributed by atoms with van der Waals surface area (Å²) < 4.78 is 1.97. The van der Waals surface area contributed by atoms with E-state index in [-0.39, 0.29) is 0 Å². The van der Waals surface area contributed by atoms with Gasteiger partial charge in [0.1, 0.15) is 5.01 Å². The normalized spacial score (nSPS) is 24.8. The Morgan fingerprint density at radius 2 is 2.28 bits per heavy atom. The van der Waals surface area contributed by atoms with Gasteiger partial charge in [-0.1, -0.05) is 11.3 Å². The van der Waals surface area contributed by atoms with Gasteiger partial charge in [-0.2, -0.15) is 21.4 Å². The molecule has 18 heavy (non-hydrogen) atoms. The standard InChI is InChI=1S/C11H15N5S2/c1-2-7(1)10-13-14-11-16(10)15-9(18-11)5-8-6-17-4-3-12-8/h7-8,12H,1-6H2. The minimum absolute atomic E-state index is 0.567. The number of nitrogens with one attached hydrogen (secondary N) is 1. The SMILES string of the molecule is C1CSCC(Cc2nn3c(C4CC4)nnc3s2)N1. The van der Waals surface area contributed by atoms with Gasteiger partial charge < -0.3 is 5.32 Å². The number of thioether (sulfide) groups is 1. The molecule has 7 heteroatoms. The lowest BCUT2D eigenvalue weighted by molar-refractivity contribution is 0.558.